The minimum absolute atomic E-state index is 0.0466. The smallest absolute Gasteiger partial charge is 0.225 e. The number of aromatic nitrogens is 2. The van der Waals surface area contributed by atoms with Crippen LogP contribution >= 0.6 is 0 Å². The molecule has 1 aliphatic rings. The number of nitrogens with one attached hydrogen (secondary N) is 2. The largest absolute Gasteiger partial charge is 0.365 e. The van der Waals surface area contributed by atoms with Crippen LogP contribution in [0.25, 0.3) is 10.9 Å². The lowest BCUT2D eigenvalue weighted by Crippen LogP contribution is -2.27. The topological polar surface area (TPSA) is 75.9 Å². The van der Waals surface area contributed by atoms with Crippen LogP contribution in [0.4, 0.5) is 11.8 Å². The number of nitrogens with zero attached hydrogens (tertiary/aromatic N) is 2. The van der Waals surface area contributed by atoms with Gasteiger partial charge in [0.15, 0.2) is 0 Å². The highest BCUT2D eigenvalue weighted by Gasteiger charge is 2.20. The van der Waals surface area contributed by atoms with Crippen molar-refractivity contribution in [3.8, 4) is 0 Å². The van der Waals surface area contributed by atoms with Gasteiger partial charge in [0, 0.05) is 17.5 Å². The lowest BCUT2D eigenvalue weighted by atomic mass is 9.82. The van der Waals surface area contributed by atoms with Crippen LogP contribution in [0.15, 0.2) is 24.3 Å². The first kappa shape index (κ1) is 17.9. The van der Waals surface area contributed by atoms with Crippen LogP contribution in [0.1, 0.15) is 46.5 Å². The molecule has 2 aromatic rings. The van der Waals surface area contributed by atoms with Gasteiger partial charge in [-0.25, -0.2) is 4.98 Å². The molecule has 1 aliphatic carbocycles. The Kier molecular flexibility index (Phi) is 5.42. The van der Waals surface area contributed by atoms with E-state index in [0.29, 0.717) is 11.9 Å². The molecule has 0 bridgehead atoms. The summed E-state index contributed by atoms with van der Waals surface area (Å²) in [6.45, 7) is 8.20. The summed E-state index contributed by atoms with van der Waals surface area (Å²) in [7, 11) is 0. The summed E-state index contributed by atoms with van der Waals surface area (Å²) in [6.07, 6.45) is 4.99. The fourth-order valence-corrected chi connectivity index (χ4v) is 3.51. The average molecular weight is 342 g/mol. The molecule has 0 spiro atoms. The van der Waals surface area contributed by atoms with Gasteiger partial charge in [-0.15, -0.1) is 0 Å². The zero-order valence-corrected chi connectivity index (χ0v) is 15.7. The van der Waals surface area contributed by atoms with Gasteiger partial charge >= 0.3 is 0 Å². The Morgan fingerprint density at radius 2 is 1.72 bits per heavy atom. The van der Waals surface area contributed by atoms with E-state index in [1.54, 1.807) is 0 Å². The molecule has 1 fully saturated rings. The van der Waals surface area contributed by atoms with Crippen LogP contribution in [0.2, 0.25) is 0 Å². The molecule has 136 valence electrons. The highest BCUT2D eigenvalue weighted by molar-refractivity contribution is 5.90. The first-order valence-electron chi connectivity index (χ1n) is 9.43. The Balaban J connectivity index is 1.73. The zero-order chi connectivity index (χ0) is 17.9. The molecule has 3 rings (SSSR count). The second-order valence-electron chi connectivity index (χ2n) is 8.29. The molecule has 1 aromatic carbocycles. The van der Waals surface area contributed by atoms with E-state index in [-0.39, 0.29) is 5.54 Å². The van der Waals surface area contributed by atoms with Gasteiger partial charge < -0.3 is 16.4 Å². The van der Waals surface area contributed by atoms with Crippen LogP contribution in [0.3, 0.4) is 0 Å². The van der Waals surface area contributed by atoms with E-state index in [1.807, 2.05) is 18.2 Å². The molecule has 5 heteroatoms. The van der Waals surface area contributed by atoms with E-state index in [1.165, 1.54) is 25.7 Å². The summed E-state index contributed by atoms with van der Waals surface area (Å²) in [5.74, 6) is 3.02. The number of benzene rings is 1. The number of fused-ring (bicyclic) bond motifs is 1. The molecule has 1 saturated carbocycles. The van der Waals surface area contributed by atoms with Gasteiger partial charge in [-0.05, 0) is 77.0 Å². The molecule has 0 saturated heterocycles. The lowest BCUT2D eigenvalue weighted by Gasteiger charge is -2.28. The summed E-state index contributed by atoms with van der Waals surface area (Å²) in [4.78, 5) is 9.45. The summed E-state index contributed by atoms with van der Waals surface area (Å²) in [5, 5.41) is 8.04. The van der Waals surface area contributed by atoms with Crippen molar-refractivity contribution in [3.05, 3.63) is 24.3 Å². The number of hydrogen-bond donors (Lipinski definition) is 3. The van der Waals surface area contributed by atoms with Crippen LogP contribution in [-0.4, -0.2) is 28.6 Å². The maximum Gasteiger partial charge on any atom is 0.225 e. The Morgan fingerprint density at radius 3 is 2.40 bits per heavy atom. The van der Waals surface area contributed by atoms with Crippen molar-refractivity contribution in [2.45, 2.75) is 52.0 Å². The quantitative estimate of drug-likeness (QED) is 0.766. The number of para-hydroxylation sites is 1. The third kappa shape index (κ3) is 4.82. The van der Waals surface area contributed by atoms with Crippen LogP contribution in [-0.2, 0) is 0 Å². The molecule has 0 amide bonds. The van der Waals surface area contributed by atoms with E-state index < -0.39 is 0 Å². The lowest BCUT2D eigenvalue weighted by molar-refractivity contribution is 0.289. The maximum absolute atomic E-state index is 5.79. The predicted molar refractivity (Wildman–Crippen MR) is 106 cm³/mol. The van der Waals surface area contributed by atoms with Crippen molar-refractivity contribution in [1.82, 2.24) is 9.97 Å². The van der Waals surface area contributed by atoms with E-state index >= 15 is 0 Å². The number of hydrogen-bond acceptors (Lipinski definition) is 5. The summed E-state index contributed by atoms with van der Waals surface area (Å²) in [6, 6.07) is 8.17. The third-order valence-corrected chi connectivity index (χ3v) is 4.95. The van der Waals surface area contributed by atoms with E-state index in [9.17, 15) is 0 Å². The average Bonchev–Trinajstić information content (AvgIpc) is 2.59. The first-order chi connectivity index (χ1) is 11.9. The van der Waals surface area contributed by atoms with Gasteiger partial charge in [0.25, 0.3) is 0 Å². The first-order valence-corrected chi connectivity index (χ1v) is 9.43. The standard InChI is InChI=1S/C20H31N5/c1-20(2,3)25-18-16-6-4-5-7-17(16)23-19(24-18)22-13-15-10-8-14(12-21)9-11-15/h4-7,14-15H,8-13,21H2,1-3H3,(H2,22,23,24,25). The van der Waals surface area contributed by atoms with Crippen molar-refractivity contribution in [3.63, 3.8) is 0 Å². The van der Waals surface area contributed by atoms with E-state index in [0.717, 1.165) is 35.7 Å². The Morgan fingerprint density at radius 1 is 1.04 bits per heavy atom. The number of nitrogens with two attached hydrogens (primary N) is 1. The monoisotopic (exact) mass is 341 g/mol. The van der Waals surface area contributed by atoms with Crippen molar-refractivity contribution in [2.75, 3.05) is 23.7 Å². The van der Waals surface area contributed by atoms with Crippen LogP contribution in [0.5, 0.6) is 0 Å². The number of anilines is 2. The highest BCUT2D eigenvalue weighted by atomic mass is 15.2. The van der Waals surface area contributed by atoms with Gasteiger partial charge in [-0.2, -0.15) is 4.98 Å². The Hall–Kier alpha value is -1.88. The van der Waals surface area contributed by atoms with Crippen LogP contribution in [0, 0.1) is 11.8 Å². The molecule has 1 heterocycles. The molecule has 0 atom stereocenters. The Bertz CT molecular complexity index is 699. The fourth-order valence-electron chi connectivity index (χ4n) is 3.51. The van der Waals surface area contributed by atoms with E-state index in [2.05, 4.69) is 37.5 Å². The molecule has 0 aliphatic heterocycles. The molecule has 0 unspecified atom stereocenters. The molecule has 0 radical (unpaired) electrons. The molecule has 4 N–H and O–H groups in total. The molecule has 25 heavy (non-hydrogen) atoms. The maximum atomic E-state index is 5.79. The molecule has 1 aromatic heterocycles. The minimum atomic E-state index is -0.0466. The molecular weight excluding hydrogens is 310 g/mol. The van der Waals surface area contributed by atoms with Gasteiger partial charge in [0.1, 0.15) is 5.82 Å². The van der Waals surface area contributed by atoms with Crippen molar-refractivity contribution in [1.29, 1.82) is 0 Å². The zero-order valence-electron chi connectivity index (χ0n) is 15.7. The second-order valence-corrected chi connectivity index (χ2v) is 8.29. The number of rotatable bonds is 5. The Labute approximate surface area is 150 Å². The van der Waals surface area contributed by atoms with Gasteiger partial charge in [0.2, 0.25) is 5.95 Å². The molecule has 5 nitrogen and oxygen atoms in total. The second kappa shape index (κ2) is 7.56. The van der Waals surface area contributed by atoms with E-state index in [4.69, 9.17) is 15.7 Å². The van der Waals surface area contributed by atoms with Crippen molar-refractivity contribution in [2.24, 2.45) is 17.6 Å². The summed E-state index contributed by atoms with van der Waals surface area (Å²) < 4.78 is 0. The third-order valence-electron chi connectivity index (χ3n) is 4.95. The van der Waals surface area contributed by atoms with Gasteiger partial charge in [-0.3, -0.25) is 0 Å². The fraction of sp³-hybridized carbons (Fsp3) is 0.600. The predicted octanol–water partition coefficient (Wildman–Crippen LogP) is 4.02. The van der Waals surface area contributed by atoms with Crippen LogP contribution < -0.4 is 16.4 Å². The molecular formula is C20H31N5. The van der Waals surface area contributed by atoms with Gasteiger partial charge in [0.05, 0.1) is 5.52 Å². The SMILES string of the molecule is CC(C)(C)Nc1nc(NCC2CCC(CN)CC2)nc2ccccc12. The summed E-state index contributed by atoms with van der Waals surface area (Å²) in [5.41, 5.74) is 6.72. The highest BCUT2D eigenvalue weighted by Crippen LogP contribution is 2.29. The van der Waals surface area contributed by atoms with Crippen molar-refractivity contribution < 1.29 is 0 Å². The van der Waals surface area contributed by atoms with Gasteiger partial charge in [-0.1, -0.05) is 12.1 Å². The summed E-state index contributed by atoms with van der Waals surface area (Å²) >= 11 is 0. The minimum Gasteiger partial charge on any atom is -0.365 e. The normalized spacial score (nSPS) is 21.3. The van der Waals surface area contributed by atoms with Crippen molar-refractivity contribution >= 4 is 22.7 Å².